The molecule has 2 aliphatic rings. The summed E-state index contributed by atoms with van der Waals surface area (Å²) in [5, 5.41) is 3.05. The predicted octanol–water partition coefficient (Wildman–Crippen LogP) is 1.28. The Morgan fingerprint density at radius 2 is 2.13 bits per heavy atom. The first kappa shape index (κ1) is 10.9. The van der Waals surface area contributed by atoms with Gasteiger partial charge in [-0.1, -0.05) is 6.42 Å². The monoisotopic (exact) mass is 210 g/mol. The van der Waals surface area contributed by atoms with Gasteiger partial charge in [-0.2, -0.15) is 0 Å². The standard InChI is InChI=1S/C12H22N2O/c13-5-1-2-6-14-12(15)11-8-9-3-4-10(11)7-9/h9-11H,1-8,13H2,(H,14,15). The van der Waals surface area contributed by atoms with Crippen LogP contribution < -0.4 is 11.1 Å². The molecule has 0 heterocycles. The first-order valence-electron chi connectivity index (χ1n) is 6.29. The molecule has 0 aliphatic heterocycles. The molecule has 0 saturated heterocycles. The van der Waals surface area contributed by atoms with E-state index >= 15 is 0 Å². The number of carbonyl (C=O) groups is 1. The topological polar surface area (TPSA) is 55.1 Å². The molecular weight excluding hydrogens is 188 g/mol. The lowest BCUT2D eigenvalue weighted by Crippen LogP contribution is -2.34. The second-order valence-electron chi connectivity index (χ2n) is 5.07. The highest BCUT2D eigenvalue weighted by molar-refractivity contribution is 5.79. The minimum absolute atomic E-state index is 0.305. The normalized spacial score (nSPS) is 33.3. The van der Waals surface area contributed by atoms with E-state index in [1.807, 2.05) is 0 Å². The molecule has 2 saturated carbocycles. The van der Waals surface area contributed by atoms with Crippen molar-refractivity contribution in [1.82, 2.24) is 5.32 Å². The maximum Gasteiger partial charge on any atom is 0.223 e. The summed E-state index contributed by atoms with van der Waals surface area (Å²) < 4.78 is 0. The number of amides is 1. The summed E-state index contributed by atoms with van der Waals surface area (Å²) in [5.41, 5.74) is 5.40. The number of nitrogens with two attached hydrogens (primary N) is 1. The number of hydrogen-bond donors (Lipinski definition) is 2. The molecule has 2 aliphatic carbocycles. The maximum absolute atomic E-state index is 11.9. The van der Waals surface area contributed by atoms with Gasteiger partial charge in [-0.05, 0) is 50.5 Å². The number of unbranched alkanes of at least 4 members (excludes halogenated alkanes) is 1. The van der Waals surface area contributed by atoms with E-state index in [0.29, 0.717) is 17.7 Å². The van der Waals surface area contributed by atoms with Crippen LogP contribution >= 0.6 is 0 Å². The summed E-state index contributed by atoms with van der Waals surface area (Å²) in [6, 6.07) is 0. The van der Waals surface area contributed by atoms with Gasteiger partial charge in [0.2, 0.25) is 5.91 Å². The minimum atomic E-state index is 0.305. The van der Waals surface area contributed by atoms with Crippen molar-refractivity contribution >= 4 is 5.91 Å². The molecule has 15 heavy (non-hydrogen) atoms. The average Bonchev–Trinajstić information content (AvgIpc) is 2.85. The number of fused-ring (bicyclic) bond motifs is 2. The summed E-state index contributed by atoms with van der Waals surface area (Å²) in [5.74, 6) is 2.19. The van der Waals surface area contributed by atoms with Gasteiger partial charge in [0.25, 0.3) is 0 Å². The van der Waals surface area contributed by atoms with Crippen LogP contribution in [0.5, 0.6) is 0 Å². The van der Waals surface area contributed by atoms with Crippen molar-refractivity contribution < 1.29 is 4.79 Å². The molecule has 3 atom stereocenters. The number of rotatable bonds is 5. The highest BCUT2D eigenvalue weighted by Crippen LogP contribution is 2.48. The Morgan fingerprint density at radius 1 is 1.27 bits per heavy atom. The van der Waals surface area contributed by atoms with Crippen LogP contribution in [0.2, 0.25) is 0 Å². The predicted molar refractivity (Wildman–Crippen MR) is 60.2 cm³/mol. The van der Waals surface area contributed by atoms with E-state index in [-0.39, 0.29) is 0 Å². The summed E-state index contributed by atoms with van der Waals surface area (Å²) in [6.45, 7) is 1.54. The SMILES string of the molecule is NCCCCNC(=O)C1CC2CCC1C2. The van der Waals surface area contributed by atoms with E-state index in [1.165, 1.54) is 19.3 Å². The van der Waals surface area contributed by atoms with Crippen molar-refractivity contribution in [2.24, 2.45) is 23.5 Å². The summed E-state index contributed by atoms with van der Waals surface area (Å²) in [6.07, 6.45) is 7.13. The lowest BCUT2D eigenvalue weighted by atomic mass is 9.88. The molecule has 3 nitrogen and oxygen atoms in total. The summed E-state index contributed by atoms with van der Waals surface area (Å²) >= 11 is 0. The zero-order chi connectivity index (χ0) is 10.7. The molecule has 0 spiro atoms. The van der Waals surface area contributed by atoms with Gasteiger partial charge in [-0.25, -0.2) is 0 Å². The van der Waals surface area contributed by atoms with E-state index in [9.17, 15) is 4.79 Å². The van der Waals surface area contributed by atoms with Crippen LogP contribution in [0.1, 0.15) is 38.5 Å². The average molecular weight is 210 g/mol. The fourth-order valence-electron chi connectivity index (χ4n) is 3.18. The Morgan fingerprint density at radius 3 is 2.73 bits per heavy atom. The Bertz CT molecular complexity index is 230. The molecular formula is C12H22N2O. The van der Waals surface area contributed by atoms with Gasteiger partial charge in [-0.15, -0.1) is 0 Å². The van der Waals surface area contributed by atoms with Gasteiger partial charge in [0.05, 0.1) is 0 Å². The first-order valence-corrected chi connectivity index (χ1v) is 6.29. The van der Waals surface area contributed by atoms with Crippen LogP contribution in [0.3, 0.4) is 0 Å². The van der Waals surface area contributed by atoms with Crippen molar-refractivity contribution in [2.45, 2.75) is 38.5 Å². The Hall–Kier alpha value is -0.570. The molecule has 3 heteroatoms. The van der Waals surface area contributed by atoms with Crippen molar-refractivity contribution in [2.75, 3.05) is 13.1 Å². The van der Waals surface area contributed by atoms with Gasteiger partial charge in [0.15, 0.2) is 0 Å². The van der Waals surface area contributed by atoms with E-state index in [4.69, 9.17) is 5.73 Å². The molecule has 2 rings (SSSR count). The summed E-state index contributed by atoms with van der Waals surface area (Å²) in [7, 11) is 0. The van der Waals surface area contributed by atoms with Gasteiger partial charge in [-0.3, -0.25) is 4.79 Å². The van der Waals surface area contributed by atoms with Crippen LogP contribution in [0, 0.1) is 17.8 Å². The molecule has 0 aromatic heterocycles. The smallest absolute Gasteiger partial charge is 0.223 e. The van der Waals surface area contributed by atoms with E-state index in [2.05, 4.69) is 5.32 Å². The maximum atomic E-state index is 11.9. The van der Waals surface area contributed by atoms with Crippen LogP contribution in [0.25, 0.3) is 0 Å². The zero-order valence-corrected chi connectivity index (χ0v) is 9.37. The van der Waals surface area contributed by atoms with Crippen molar-refractivity contribution in [3.05, 3.63) is 0 Å². The first-order chi connectivity index (χ1) is 7.31. The minimum Gasteiger partial charge on any atom is -0.356 e. The second kappa shape index (κ2) is 4.97. The molecule has 0 aromatic carbocycles. The third-order valence-corrected chi connectivity index (χ3v) is 4.00. The highest BCUT2D eigenvalue weighted by Gasteiger charge is 2.42. The number of hydrogen-bond acceptors (Lipinski definition) is 2. The van der Waals surface area contributed by atoms with E-state index in [1.54, 1.807) is 0 Å². The van der Waals surface area contributed by atoms with E-state index < -0.39 is 0 Å². The summed E-state index contributed by atoms with van der Waals surface area (Å²) in [4.78, 5) is 11.9. The largest absolute Gasteiger partial charge is 0.356 e. The van der Waals surface area contributed by atoms with E-state index in [0.717, 1.165) is 38.3 Å². The van der Waals surface area contributed by atoms with Crippen LogP contribution in [-0.4, -0.2) is 19.0 Å². The third-order valence-electron chi connectivity index (χ3n) is 4.00. The Balaban J connectivity index is 1.68. The molecule has 86 valence electrons. The molecule has 2 bridgehead atoms. The van der Waals surface area contributed by atoms with Crippen LogP contribution in [0.15, 0.2) is 0 Å². The van der Waals surface area contributed by atoms with Gasteiger partial charge < -0.3 is 11.1 Å². The number of nitrogens with one attached hydrogen (secondary N) is 1. The molecule has 3 N–H and O–H groups in total. The third kappa shape index (κ3) is 2.51. The Labute approximate surface area is 91.8 Å². The molecule has 0 aromatic rings. The fraction of sp³-hybridized carbons (Fsp3) is 0.917. The lowest BCUT2D eigenvalue weighted by molar-refractivity contribution is -0.126. The lowest BCUT2D eigenvalue weighted by Gasteiger charge is -2.20. The van der Waals surface area contributed by atoms with Gasteiger partial charge >= 0.3 is 0 Å². The molecule has 3 unspecified atom stereocenters. The van der Waals surface area contributed by atoms with Crippen LogP contribution in [-0.2, 0) is 4.79 Å². The molecule has 1 amide bonds. The van der Waals surface area contributed by atoms with Crippen molar-refractivity contribution in [1.29, 1.82) is 0 Å². The second-order valence-corrected chi connectivity index (χ2v) is 5.07. The quantitative estimate of drug-likeness (QED) is 0.672. The van der Waals surface area contributed by atoms with Crippen LogP contribution in [0.4, 0.5) is 0 Å². The van der Waals surface area contributed by atoms with Gasteiger partial charge in [0, 0.05) is 12.5 Å². The Kier molecular flexibility index (Phi) is 3.62. The number of carbonyl (C=O) groups excluding carboxylic acids is 1. The van der Waals surface area contributed by atoms with Crippen molar-refractivity contribution in [3.8, 4) is 0 Å². The highest BCUT2D eigenvalue weighted by atomic mass is 16.1. The van der Waals surface area contributed by atoms with Crippen molar-refractivity contribution in [3.63, 3.8) is 0 Å². The molecule has 2 fully saturated rings. The fourth-order valence-corrected chi connectivity index (χ4v) is 3.18. The molecule has 0 radical (unpaired) electrons. The van der Waals surface area contributed by atoms with Gasteiger partial charge in [0.1, 0.15) is 0 Å². The zero-order valence-electron chi connectivity index (χ0n) is 9.37.